The van der Waals surface area contributed by atoms with Crippen LogP contribution in [0.1, 0.15) is 12.5 Å². The molecule has 36 heavy (non-hydrogen) atoms. The molecule has 0 spiro atoms. The predicted octanol–water partition coefficient (Wildman–Crippen LogP) is 4.12. The summed E-state index contributed by atoms with van der Waals surface area (Å²) < 4.78 is 26.2. The van der Waals surface area contributed by atoms with Crippen molar-refractivity contribution in [2.45, 2.75) is 23.9 Å². The van der Waals surface area contributed by atoms with E-state index in [4.69, 9.17) is 34.1 Å². The van der Waals surface area contributed by atoms with Crippen LogP contribution in [0.15, 0.2) is 72.0 Å². The lowest BCUT2D eigenvalue weighted by molar-refractivity contribution is -0.124. The molecule has 2 aromatic heterocycles. The third-order valence-electron chi connectivity index (χ3n) is 6.09. The molecule has 0 aliphatic carbocycles. The SMILES string of the molecule is CC1(Cc2ccc(-c3ccc(N)nc3)cc2)C(=O)N(c2cc(Cl)cc(Cl)c2)c2ncc(S(N)(=O)=O)n21. The van der Waals surface area contributed by atoms with E-state index in [0.717, 1.165) is 22.9 Å². The van der Waals surface area contributed by atoms with Crippen LogP contribution in [0.4, 0.5) is 17.5 Å². The zero-order valence-corrected chi connectivity index (χ0v) is 21.2. The van der Waals surface area contributed by atoms with Crippen molar-refractivity contribution in [2.24, 2.45) is 5.14 Å². The Morgan fingerprint density at radius 2 is 1.58 bits per heavy atom. The van der Waals surface area contributed by atoms with Gasteiger partial charge >= 0.3 is 0 Å². The summed E-state index contributed by atoms with van der Waals surface area (Å²) in [5.74, 6) is 0.130. The van der Waals surface area contributed by atoms with Gasteiger partial charge < -0.3 is 5.73 Å². The number of rotatable bonds is 5. The molecule has 3 heterocycles. The van der Waals surface area contributed by atoms with Crippen LogP contribution in [0.25, 0.3) is 11.1 Å². The number of fused-ring (bicyclic) bond motifs is 1. The van der Waals surface area contributed by atoms with E-state index >= 15 is 0 Å². The van der Waals surface area contributed by atoms with E-state index in [-0.39, 0.29) is 17.4 Å². The fraction of sp³-hybridized carbons (Fsp3) is 0.125. The highest BCUT2D eigenvalue weighted by Crippen LogP contribution is 2.44. The number of nitrogen functional groups attached to an aromatic ring is 1. The Bertz CT molecular complexity index is 1580. The predicted molar refractivity (Wildman–Crippen MR) is 139 cm³/mol. The van der Waals surface area contributed by atoms with Gasteiger partial charge in [0.2, 0.25) is 5.95 Å². The molecule has 4 N–H and O–H groups in total. The van der Waals surface area contributed by atoms with Crippen LogP contribution in [-0.2, 0) is 26.8 Å². The molecule has 184 valence electrons. The number of imidazole rings is 1. The van der Waals surface area contributed by atoms with Gasteiger partial charge in [0.1, 0.15) is 11.4 Å². The number of nitrogens with two attached hydrogens (primary N) is 2. The summed E-state index contributed by atoms with van der Waals surface area (Å²) in [6, 6.07) is 15.8. The molecule has 2 aromatic carbocycles. The standard InChI is InChI=1S/C24H20Cl2N6O3S/c1-24(11-14-2-4-15(5-3-14)16-6-7-20(27)29-12-16)22(33)31(19-9-17(25)8-18(26)10-19)23-30-13-21(32(23)24)36(28,34)35/h2-10,12-13H,11H2,1H3,(H2,27,29)(H2,28,34,35). The van der Waals surface area contributed by atoms with Crippen LogP contribution in [0, 0.1) is 0 Å². The largest absolute Gasteiger partial charge is 0.384 e. The second-order valence-electron chi connectivity index (χ2n) is 8.66. The molecule has 1 unspecified atom stereocenters. The van der Waals surface area contributed by atoms with Gasteiger partial charge in [-0.25, -0.2) is 28.4 Å². The highest BCUT2D eigenvalue weighted by Gasteiger charge is 2.51. The summed E-state index contributed by atoms with van der Waals surface area (Å²) in [5.41, 5.74) is 7.27. The van der Waals surface area contributed by atoms with Crippen LogP contribution in [-0.4, -0.2) is 28.9 Å². The van der Waals surface area contributed by atoms with Crippen molar-refractivity contribution in [3.8, 4) is 11.1 Å². The first-order chi connectivity index (χ1) is 17.0. The number of primary sulfonamides is 1. The van der Waals surface area contributed by atoms with E-state index < -0.39 is 21.5 Å². The van der Waals surface area contributed by atoms with Gasteiger partial charge in [-0.3, -0.25) is 9.36 Å². The van der Waals surface area contributed by atoms with Gasteiger partial charge in [-0.05, 0) is 48.4 Å². The number of hydrogen-bond acceptors (Lipinski definition) is 6. The molecule has 0 radical (unpaired) electrons. The smallest absolute Gasteiger partial charge is 0.260 e. The molecule has 12 heteroatoms. The number of anilines is 3. The molecular formula is C24H20Cl2N6O3S. The summed E-state index contributed by atoms with van der Waals surface area (Å²) in [7, 11) is -4.19. The minimum Gasteiger partial charge on any atom is -0.384 e. The summed E-state index contributed by atoms with van der Waals surface area (Å²) in [5, 5.41) is 5.85. The molecule has 9 nitrogen and oxygen atoms in total. The number of pyridine rings is 1. The van der Waals surface area contributed by atoms with Crippen LogP contribution in [0.3, 0.4) is 0 Å². The lowest BCUT2D eigenvalue weighted by Gasteiger charge is -2.26. The van der Waals surface area contributed by atoms with Crippen molar-refractivity contribution >= 4 is 56.6 Å². The minimum absolute atomic E-state index is 0.106. The first kappa shape index (κ1) is 24.3. The summed E-state index contributed by atoms with van der Waals surface area (Å²) >= 11 is 12.4. The third-order valence-corrected chi connectivity index (χ3v) is 7.39. The van der Waals surface area contributed by atoms with Crippen LogP contribution >= 0.6 is 23.2 Å². The van der Waals surface area contributed by atoms with Crippen molar-refractivity contribution in [1.29, 1.82) is 0 Å². The van der Waals surface area contributed by atoms with Crippen molar-refractivity contribution in [3.05, 3.63) is 82.6 Å². The van der Waals surface area contributed by atoms with Crippen molar-refractivity contribution < 1.29 is 13.2 Å². The third kappa shape index (κ3) is 4.11. The van der Waals surface area contributed by atoms with Gasteiger partial charge in [-0.1, -0.05) is 47.5 Å². The Kier molecular flexibility index (Phi) is 5.79. The van der Waals surface area contributed by atoms with E-state index in [1.54, 1.807) is 31.3 Å². The van der Waals surface area contributed by atoms with Crippen LogP contribution < -0.4 is 15.8 Å². The van der Waals surface area contributed by atoms with Crippen LogP contribution in [0.2, 0.25) is 10.0 Å². The Labute approximate surface area is 217 Å². The summed E-state index contributed by atoms with van der Waals surface area (Å²) in [6.45, 7) is 1.65. The quantitative estimate of drug-likeness (QED) is 0.389. The normalized spacial score (nSPS) is 17.4. The second-order valence-corrected chi connectivity index (χ2v) is 11.0. The molecule has 5 rings (SSSR count). The monoisotopic (exact) mass is 542 g/mol. The molecule has 1 atom stereocenters. The molecule has 1 amide bonds. The first-order valence-electron chi connectivity index (χ1n) is 10.7. The second kappa shape index (κ2) is 8.59. The van der Waals surface area contributed by atoms with Gasteiger partial charge in [0, 0.05) is 28.2 Å². The maximum absolute atomic E-state index is 13.9. The Hall–Kier alpha value is -3.44. The highest BCUT2D eigenvalue weighted by atomic mass is 35.5. The number of amides is 1. The topological polar surface area (TPSA) is 137 Å². The zero-order valence-electron chi connectivity index (χ0n) is 18.9. The number of benzene rings is 2. The molecular weight excluding hydrogens is 523 g/mol. The van der Waals surface area contributed by atoms with Gasteiger partial charge in [-0.2, -0.15) is 0 Å². The Morgan fingerprint density at radius 3 is 2.17 bits per heavy atom. The fourth-order valence-electron chi connectivity index (χ4n) is 4.42. The lowest BCUT2D eigenvalue weighted by Crippen LogP contribution is -2.42. The van der Waals surface area contributed by atoms with Gasteiger partial charge in [0.25, 0.3) is 15.9 Å². The van der Waals surface area contributed by atoms with Gasteiger partial charge in [0.15, 0.2) is 5.03 Å². The number of halogens is 2. The average molecular weight is 543 g/mol. The van der Waals surface area contributed by atoms with E-state index in [9.17, 15) is 13.2 Å². The number of sulfonamides is 1. The van der Waals surface area contributed by atoms with Gasteiger partial charge in [0.05, 0.1) is 11.9 Å². The molecule has 1 aliphatic heterocycles. The number of nitrogens with zero attached hydrogens (tertiary/aromatic N) is 4. The Morgan fingerprint density at radius 1 is 0.944 bits per heavy atom. The van der Waals surface area contributed by atoms with E-state index in [1.807, 2.05) is 30.3 Å². The Balaban J connectivity index is 1.58. The lowest BCUT2D eigenvalue weighted by atomic mass is 9.91. The average Bonchev–Trinajstić information content (AvgIpc) is 3.33. The van der Waals surface area contributed by atoms with E-state index in [0.29, 0.717) is 21.6 Å². The van der Waals surface area contributed by atoms with E-state index in [2.05, 4.69) is 9.97 Å². The maximum Gasteiger partial charge on any atom is 0.260 e. The molecule has 0 saturated heterocycles. The number of carbonyl (C=O) groups is 1. The minimum atomic E-state index is -4.19. The zero-order chi connectivity index (χ0) is 25.8. The first-order valence-corrected chi connectivity index (χ1v) is 13.0. The van der Waals surface area contributed by atoms with E-state index in [1.165, 1.54) is 15.5 Å². The molecule has 4 aromatic rings. The molecule has 0 bridgehead atoms. The van der Waals surface area contributed by atoms with Crippen molar-refractivity contribution in [2.75, 3.05) is 10.6 Å². The van der Waals surface area contributed by atoms with Crippen molar-refractivity contribution in [1.82, 2.24) is 14.5 Å². The number of hydrogen-bond donors (Lipinski definition) is 2. The summed E-state index contributed by atoms with van der Waals surface area (Å²) in [4.78, 5) is 23.5. The van der Waals surface area contributed by atoms with Crippen LogP contribution in [0.5, 0.6) is 0 Å². The molecule has 0 fully saturated rings. The number of carbonyl (C=O) groups excluding carboxylic acids is 1. The number of aromatic nitrogens is 3. The van der Waals surface area contributed by atoms with Crippen molar-refractivity contribution in [3.63, 3.8) is 0 Å². The fourth-order valence-corrected chi connectivity index (χ4v) is 5.67. The molecule has 0 saturated carbocycles. The maximum atomic E-state index is 13.9. The highest BCUT2D eigenvalue weighted by molar-refractivity contribution is 7.89. The molecule has 1 aliphatic rings. The van der Waals surface area contributed by atoms with Gasteiger partial charge in [-0.15, -0.1) is 0 Å². The summed E-state index contributed by atoms with van der Waals surface area (Å²) in [6.07, 6.45) is 2.99.